The second-order valence-corrected chi connectivity index (χ2v) is 3.84. The molecule has 0 saturated heterocycles. The molecule has 2 nitrogen and oxygen atoms in total. The SMILES string of the molecule is O=C(CCl)N1CCc2c(Cl)cccc21. The van der Waals surface area contributed by atoms with Crippen LogP contribution >= 0.6 is 23.2 Å². The van der Waals surface area contributed by atoms with Crippen LogP contribution in [-0.2, 0) is 11.2 Å². The first-order valence-electron chi connectivity index (χ1n) is 4.37. The second-order valence-electron chi connectivity index (χ2n) is 3.17. The number of alkyl halides is 1. The van der Waals surface area contributed by atoms with Crippen LogP contribution in [0.1, 0.15) is 5.56 Å². The Kier molecular flexibility index (Phi) is 2.66. The molecule has 1 amide bonds. The molecule has 0 spiro atoms. The first kappa shape index (κ1) is 9.81. The van der Waals surface area contributed by atoms with Crippen molar-refractivity contribution < 1.29 is 4.79 Å². The number of amides is 1. The minimum Gasteiger partial charge on any atom is -0.311 e. The number of carbonyl (C=O) groups is 1. The largest absolute Gasteiger partial charge is 0.311 e. The highest BCUT2D eigenvalue weighted by molar-refractivity contribution is 6.32. The number of nitrogens with zero attached hydrogens (tertiary/aromatic N) is 1. The van der Waals surface area contributed by atoms with Crippen molar-refractivity contribution in [3.8, 4) is 0 Å². The summed E-state index contributed by atoms with van der Waals surface area (Å²) in [6, 6.07) is 5.59. The zero-order valence-electron chi connectivity index (χ0n) is 7.46. The molecule has 1 aromatic carbocycles. The lowest BCUT2D eigenvalue weighted by Crippen LogP contribution is -2.29. The van der Waals surface area contributed by atoms with E-state index >= 15 is 0 Å². The van der Waals surface area contributed by atoms with Crippen molar-refractivity contribution in [2.24, 2.45) is 0 Å². The molecule has 0 atom stereocenters. The zero-order valence-corrected chi connectivity index (χ0v) is 8.98. The summed E-state index contributed by atoms with van der Waals surface area (Å²) in [5, 5.41) is 0.729. The molecule has 0 unspecified atom stereocenters. The Balaban J connectivity index is 2.40. The minimum atomic E-state index is -0.0623. The van der Waals surface area contributed by atoms with Crippen LogP contribution in [0.3, 0.4) is 0 Å². The molecule has 0 radical (unpaired) electrons. The van der Waals surface area contributed by atoms with Crippen molar-refractivity contribution in [3.63, 3.8) is 0 Å². The van der Waals surface area contributed by atoms with Gasteiger partial charge in [0.05, 0.1) is 0 Å². The number of halogens is 2. The van der Waals surface area contributed by atoms with E-state index in [1.54, 1.807) is 4.90 Å². The van der Waals surface area contributed by atoms with Gasteiger partial charge in [0, 0.05) is 17.3 Å². The van der Waals surface area contributed by atoms with Crippen LogP contribution < -0.4 is 4.90 Å². The summed E-state index contributed by atoms with van der Waals surface area (Å²) in [5.74, 6) is -0.0425. The van der Waals surface area contributed by atoms with Crippen LogP contribution in [-0.4, -0.2) is 18.3 Å². The Morgan fingerprint density at radius 1 is 1.50 bits per heavy atom. The molecule has 14 heavy (non-hydrogen) atoms. The highest BCUT2D eigenvalue weighted by atomic mass is 35.5. The van der Waals surface area contributed by atoms with Gasteiger partial charge in [-0.25, -0.2) is 0 Å². The van der Waals surface area contributed by atoms with Gasteiger partial charge < -0.3 is 4.90 Å². The maximum Gasteiger partial charge on any atom is 0.241 e. The summed E-state index contributed by atoms with van der Waals surface area (Å²) < 4.78 is 0. The van der Waals surface area contributed by atoms with E-state index in [4.69, 9.17) is 23.2 Å². The molecule has 0 N–H and O–H groups in total. The normalized spacial score (nSPS) is 14.3. The first-order chi connectivity index (χ1) is 6.74. The quantitative estimate of drug-likeness (QED) is 0.678. The molecule has 74 valence electrons. The average Bonchev–Trinajstić information content (AvgIpc) is 2.62. The van der Waals surface area contributed by atoms with Crippen molar-refractivity contribution in [2.75, 3.05) is 17.3 Å². The Morgan fingerprint density at radius 3 is 3.00 bits per heavy atom. The molecule has 0 bridgehead atoms. The molecule has 2 rings (SSSR count). The van der Waals surface area contributed by atoms with Crippen LogP contribution in [0.25, 0.3) is 0 Å². The Bertz CT molecular complexity index is 378. The molecule has 1 aliphatic rings. The minimum absolute atomic E-state index is 0.0198. The monoisotopic (exact) mass is 229 g/mol. The van der Waals surface area contributed by atoms with Gasteiger partial charge >= 0.3 is 0 Å². The topological polar surface area (TPSA) is 20.3 Å². The van der Waals surface area contributed by atoms with E-state index in [2.05, 4.69) is 0 Å². The third kappa shape index (κ3) is 1.49. The van der Waals surface area contributed by atoms with E-state index in [9.17, 15) is 4.79 Å². The number of hydrogen-bond donors (Lipinski definition) is 0. The van der Waals surface area contributed by atoms with Gasteiger partial charge in [0.2, 0.25) is 5.91 Å². The van der Waals surface area contributed by atoms with Crippen molar-refractivity contribution >= 4 is 34.8 Å². The van der Waals surface area contributed by atoms with E-state index in [1.165, 1.54) is 0 Å². The van der Waals surface area contributed by atoms with Gasteiger partial charge in [-0.3, -0.25) is 4.79 Å². The third-order valence-electron chi connectivity index (χ3n) is 2.39. The number of rotatable bonds is 1. The average molecular weight is 230 g/mol. The molecular formula is C10H9Cl2NO. The second kappa shape index (κ2) is 3.79. The third-order valence-corrected chi connectivity index (χ3v) is 2.97. The van der Waals surface area contributed by atoms with Gasteiger partial charge in [0.1, 0.15) is 5.88 Å². The summed E-state index contributed by atoms with van der Waals surface area (Å²) in [5.41, 5.74) is 1.95. The standard InChI is InChI=1S/C10H9Cl2NO/c11-6-10(14)13-5-4-7-8(12)2-1-3-9(7)13/h1-3H,4-6H2. The van der Waals surface area contributed by atoms with Gasteiger partial charge in [0.15, 0.2) is 0 Å². The Morgan fingerprint density at radius 2 is 2.29 bits per heavy atom. The summed E-state index contributed by atoms with van der Waals surface area (Å²) in [4.78, 5) is 13.1. The number of benzene rings is 1. The van der Waals surface area contributed by atoms with Crippen molar-refractivity contribution in [1.82, 2.24) is 0 Å². The molecule has 1 aromatic rings. The van der Waals surface area contributed by atoms with E-state index in [1.807, 2.05) is 18.2 Å². The van der Waals surface area contributed by atoms with Crippen molar-refractivity contribution in [1.29, 1.82) is 0 Å². The summed E-state index contributed by atoms with van der Waals surface area (Å²) in [6.45, 7) is 0.685. The molecule has 0 aromatic heterocycles. The highest BCUT2D eigenvalue weighted by Gasteiger charge is 2.25. The molecule has 0 fully saturated rings. The van der Waals surface area contributed by atoms with Gasteiger partial charge in [-0.05, 0) is 24.1 Å². The fraction of sp³-hybridized carbons (Fsp3) is 0.300. The lowest BCUT2D eigenvalue weighted by molar-refractivity contribution is -0.116. The predicted molar refractivity (Wildman–Crippen MR) is 58.2 cm³/mol. The zero-order chi connectivity index (χ0) is 10.1. The smallest absolute Gasteiger partial charge is 0.241 e. The lowest BCUT2D eigenvalue weighted by atomic mass is 10.2. The van der Waals surface area contributed by atoms with Gasteiger partial charge in [-0.2, -0.15) is 0 Å². The molecule has 0 saturated carbocycles. The van der Waals surface area contributed by atoms with Crippen LogP contribution in [0.15, 0.2) is 18.2 Å². The predicted octanol–water partition coefficient (Wildman–Crippen LogP) is 2.47. The maximum absolute atomic E-state index is 11.4. The van der Waals surface area contributed by atoms with E-state index in [0.29, 0.717) is 6.54 Å². The Hall–Kier alpha value is -0.730. The van der Waals surface area contributed by atoms with Crippen LogP contribution in [0.5, 0.6) is 0 Å². The molecule has 1 aliphatic heterocycles. The fourth-order valence-corrected chi connectivity index (χ4v) is 2.13. The number of hydrogen-bond acceptors (Lipinski definition) is 1. The summed E-state index contributed by atoms with van der Waals surface area (Å²) >= 11 is 11.5. The number of carbonyl (C=O) groups excluding carboxylic acids is 1. The van der Waals surface area contributed by atoms with Crippen molar-refractivity contribution in [2.45, 2.75) is 6.42 Å². The van der Waals surface area contributed by atoms with Crippen LogP contribution in [0.2, 0.25) is 5.02 Å². The number of anilines is 1. The highest BCUT2D eigenvalue weighted by Crippen LogP contribution is 2.33. The Labute approximate surface area is 92.4 Å². The molecule has 0 aliphatic carbocycles. The van der Waals surface area contributed by atoms with E-state index in [-0.39, 0.29) is 11.8 Å². The molecule has 1 heterocycles. The summed E-state index contributed by atoms with van der Waals surface area (Å²) in [6.07, 6.45) is 0.817. The molecule has 4 heteroatoms. The van der Waals surface area contributed by atoms with Gasteiger partial charge in [-0.15, -0.1) is 11.6 Å². The van der Waals surface area contributed by atoms with Crippen LogP contribution in [0, 0.1) is 0 Å². The first-order valence-corrected chi connectivity index (χ1v) is 5.29. The fourth-order valence-electron chi connectivity index (χ4n) is 1.72. The summed E-state index contributed by atoms with van der Waals surface area (Å²) in [7, 11) is 0. The van der Waals surface area contributed by atoms with Gasteiger partial charge in [-0.1, -0.05) is 17.7 Å². The maximum atomic E-state index is 11.4. The van der Waals surface area contributed by atoms with Gasteiger partial charge in [0.25, 0.3) is 0 Å². The van der Waals surface area contributed by atoms with E-state index in [0.717, 1.165) is 22.7 Å². The van der Waals surface area contributed by atoms with Crippen LogP contribution in [0.4, 0.5) is 5.69 Å². The lowest BCUT2D eigenvalue weighted by Gasteiger charge is -2.15. The van der Waals surface area contributed by atoms with Crippen molar-refractivity contribution in [3.05, 3.63) is 28.8 Å². The molecular weight excluding hydrogens is 221 g/mol. The number of fused-ring (bicyclic) bond motifs is 1. The van der Waals surface area contributed by atoms with E-state index < -0.39 is 0 Å².